The van der Waals surface area contributed by atoms with E-state index in [2.05, 4.69) is 10.5 Å². The molecule has 0 spiro atoms. The van der Waals surface area contributed by atoms with Crippen LogP contribution in [0.3, 0.4) is 0 Å². The Morgan fingerprint density at radius 3 is 2.62 bits per heavy atom. The molecule has 67 valence electrons. The Labute approximate surface area is 72.1 Å². The maximum absolute atomic E-state index is 12.2. The largest absolute Gasteiger partial charge is 0.416 e. The quantitative estimate of drug-likeness (QED) is 0.592. The second-order valence-electron chi connectivity index (χ2n) is 2.62. The molecule has 5 heteroatoms. The molecule has 1 aromatic carbocycles. The van der Waals surface area contributed by atoms with Gasteiger partial charge in [-0.1, -0.05) is 6.07 Å². The highest BCUT2D eigenvalue weighted by molar-refractivity contribution is 5.89. The monoisotopic (exact) mass is 185 g/mol. The van der Waals surface area contributed by atoms with Crippen molar-refractivity contribution in [3.05, 3.63) is 29.3 Å². The highest BCUT2D eigenvalue weighted by Gasteiger charge is 2.31. The number of rotatable bonds is 0. The summed E-state index contributed by atoms with van der Waals surface area (Å²) in [6.45, 7) is 0. The van der Waals surface area contributed by atoms with Gasteiger partial charge in [-0.3, -0.25) is 0 Å². The van der Waals surface area contributed by atoms with Gasteiger partial charge >= 0.3 is 6.18 Å². The number of hydrogen-bond donors (Lipinski definition) is 0. The molecule has 0 aliphatic carbocycles. The van der Waals surface area contributed by atoms with Gasteiger partial charge in [0.15, 0.2) is 0 Å². The lowest BCUT2D eigenvalue weighted by Gasteiger charge is -2.06. The van der Waals surface area contributed by atoms with Crippen LogP contribution in [0.15, 0.2) is 23.3 Å². The third kappa shape index (κ3) is 1.37. The molecule has 2 rings (SSSR count). The summed E-state index contributed by atoms with van der Waals surface area (Å²) < 4.78 is 36.5. The Morgan fingerprint density at radius 2 is 1.92 bits per heavy atom. The van der Waals surface area contributed by atoms with Gasteiger partial charge in [0.1, 0.15) is 0 Å². The molecule has 0 unspecified atom stereocenters. The maximum atomic E-state index is 12.2. The van der Waals surface area contributed by atoms with Crippen molar-refractivity contribution in [3.8, 4) is 0 Å². The normalized spacial score (nSPS) is 14.1. The molecule has 0 amide bonds. The van der Waals surface area contributed by atoms with Crippen LogP contribution in [0.5, 0.6) is 0 Å². The Morgan fingerprint density at radius 1 is 1.15 bits per heavy atom. The van der Waals surface area contributed by atoms with E-state index in [1.165, 1.54) is 12.3 Å². The summed E-state index contributed by atoms with van der Waals surface area (Å²) in [7, 11) is 0. The molecule has 2 nitrogen and oxygen atoms in total. The molecular formula is C8H4F3N2. The van der Waals surface area contributed by atoms with Crippen LogP contribution in [0, 0.1) is 0 Å². The van der Waals surface area contributed by atoms with Crippen LogP contribution in [-0.4, -0.2) is 6.21 Å². The highest BCUT2D eigenvalue weighted by Crippen LogP contribution is 2.32. The fourth-order valence-corrected chi connectivity index (χ4v) is 1.07. The minimum absolute atomic E-state index is 0.273. The third-order valence-electron chi connectivity index (χ3n) is 1.72. The highest BCUT2D eigenvalue weighted by atomic mass is 19.4. The molecule has 0 atom stereocenters. The molecule has 1 aliphatic rings. The zero-order valence-corrected chi connectivity index (χ0v) is 6.34. The maximum Gasteiger partial charge on any atom is 0.416 e. The van der Waals surface area contributed by atoms with Gasteiger partial charge in [0.25, 0.3) is 0 Å². The molecule has 13 heavy (non-hydrogen) atoms. The second-order valence-corrected chi connectivity index (χ2v) is 2.62. The van der Waals surface area contributed by atoms with E-state index in [0.717, 1.165) is 12.1 Å². The van der Waals surface area contributed by atoms with Gasteiger partial charge < -0.3 is 0 Å². The number of fused-ring (bicyclic) bond motifs is 1. The van der Waals surface area contributed by atoms with Gasteiger partial charge in [-0.25, -0.2) is 0 Å². The number of alkyl halides is 3. The van der Waals surface area contributed by atoms with E-state index in [9.17, 15) is 13.2 Å². The van der Waals surface area contributed by atoms with Crippen molar-refractivity contribution >= 4 is 11.9 Å². The van der Waals surface area contributed by atoms with E-state index in [1.807, 2.05) is 0 Å². The zero-order chi connectivity index (χ0) is 9.47. The molecule has 0 fully saturated rings. The van der Waals surface area contributed by atoms with Crippen LogP contribution in [0.25, 0.3) is 0 Å². The SMILES string of the molecule is FC(F)(F)c1ccc2c(c1)[N]N=C2. The van der Waals surface area contributed by atoms with Gasteiger partial charge in [-0.05, 0) is 12.1 Å². The summed E-state index contributed by atoms with van der Waals surface area (Å²) in [5.74, 6) is 0. The molecule has 1 aliphatic heterocycles. The van der Waals surface area contributed by atoms with Gasteiger partial charge in [-0.15, -0.1) is 0 Å². The van der Waals surface area contributed by atoms with E-state index in [-0.39, 0.29) is 5.69 Å². The van der Waals surface area contributed by atoms with Gasteiger partial charge in [-0.2, -0.15) is 23.7 Å². The second kappa shape index (κ2) is 2.48. The predicted octanol–water partition coefficient (Wildman–Crippen LogP) is 2.29. The molecule has 0 bridgehead atoms. The van der Waals surface area contributed by atoms with Gasteiger partial charge in [0.2, 0.25) is 0 Å². The molecule has 0 N–H and O–H groups in total. The molecule has 1 heterocycles. The topological polar surface area (TPSA) is 26.5 Å². The van der Waals surface area contributed by atoms with Crippen molar-refractivity contribution in [2.24, 2.45) is 5.10 Å². The fraction of sp³-hybridized carbons (Fsp3) is 0.125. The van der Waals surface area contributed by atoms with Crippen molar-refractivity contribution in [2.45, 2.75) is 6.18 Å². The van der Waals surface area contributed by atoms with Gasteiger partial charge in [0.05, 0.1) is 17.5 Å². The Kier molecular flexibility index (Phi) is 1.55. The lowest BCUT2D eigenvalue weighted by molar-refractivity contribution is -0.137. The summed E-state index contributed by atoms with van der Waals surface area (Å²) in [4.78, 5) is 0. The van der Waals surface area contributed by atoms with Crippen LogP contribution >= 0.6 is 0 Å². The number of halogens is 3. The first-order valence-electron chi connectivity index (χ1n) is 3.53. The van der Waals surface area contributed by atoms with Crippen LogP contribution in [0.2, 0.25) is 0 Å². The average molecular weight is 185 g/mol. The summed E-state index contributed by atoms with van der Waals surface area (Å²) in [5.41, 5.74) is 3.74. The average Bonchev–Trinajstić information content (AvgIpc) is 2.47. The first-order valence-corrected chi connectivity index (χ1v) is 3.53. The Balaban J connectivity index is 2.45. The molecule has 1 radical (unpaired) electrons. The third-order valence-corrected chi connectivity index (χ3v) is 1.72. The molecule has 0 saturated carbocycles. The molecule has 1 aromatic rings. The minimum atomic E-state index is -4.31. The number of nitrogens with zero attached hydrogens (tertiary/aromatic N) is 2. The van der Waals surface area contributed by atoms with Crippen LogP contribution in [0.1, 0.15) is 11.1 Å². The molecule has 0 aromatic heterocycles. The predicted molar refractivity (Wildman–Crippen MR) is 40.8 cm³/mol. The van der Waals surface area contributed by atoms with Crippen LogP contribution in [0.4, 0.5) is 18.9 Å². The summed E-state index contributed by atoms with van der Waals surface area (Å²) >= 11 is 0. The lowest BCUT2D eigenvalue weighted by Crippen LogP contribution is -2.05. The van der Waals surface area contributed by atoms with E-state index in [0.29, 0.717) is 5.56 Å². The van der Waals surface area contributed by atoms with Crippen LogP contribution < -0.4 is 5.43 Å². The first kappa shape index (κ1) is 8.10. The van der Waals surface area contributed by atoms with Crippen molar-refractivity contribution in [2.75, 3.05) is 0 Å². The zero-order valence-electron chi connectivity index (χ0n) is 6.34. The smallest absolute Gasteiger partial charge is 0.166 e. The van der Waals surface area contributed by atoms with Crippen molar-refractivity contribution in [1.82, 2.24) is 5.43 Å². The molecular weight excluding hydrogens is 181 g/mol. The van der Waals surface area contributed by atoms with Crippen molar-refractivity contribution < 1.29 is 13.2 Å². The summed E-state index contributed by atoms with van der Waals surface area (Å²) in [6, 6.07) is 3.37. The Bertz CT molecular complexity index is 368. The van der Waals surface area contributed by atoms with Crippen molar-refractivity contribution in [1.29, 1.82) is 0 Å². The standard InChI is InChI=1S/C8H4F3N2/c9-8(10,11)6-2-1-5-4-12-13-7(5)3-6/h1-4H. The van der Waals surface area contributed by atoms with Crippen molar-refractivity contribution in [3.63, 3.8) is 0 Å². The summed E-state index contributed by atoms with van der Waals surface area (Å²) in [6.07, 6.45) is -2.89. The van der Waals surface area contributed by atoms with E-state index < -0.39 is 11.7 Å². The fourth-order valence-electron chi connectivity index (χ4n) is 1.07. The lowest BCUT2D eigenvalue weighted by atomic mass is 10.1. The molecule has 0 saturated heterocycles. The van der Waals surface area contributed by atoms with Gasteiger partial charge in [0, 0.05) is 5.56 Å². The van der Waals surface area contributed by atoms with E-state index in [4.69, 9.17) is 0 Å². The van der Waals surface area contributed by atoms with E-state index >= 15 is 0 Å². The minimum Gasteiger partial charge on any atom is -0.166 e. The van der Waals surface area contributed by atoms with E-state index in [1.54, 1.807) is 0 Å². The Hall–Kier alpha value is -1.52. The summed E-state index contributed by atoms with van der Waals surface area (Å²) in [5, 5.41) is 3.51. The number of hydrogen-bond acceptors (Lipinski definition) is 1. The first-order chi connectivity index (χ1) is 6.07. The van der Waals surface area contributed by atoms with Crippen LogP contribution in [-0.2, 0) is 6.18 Å². The number of benzene rings is 1.